The van der Waals surface area contributed by atoms with Gasteiger partial charge in [0, 0.05) is 32.7 Å². The third-order valence-corrected chi connectivity index (χ3v) is 9.82. The molecule has 192 valence electrons. The number of amides is 1. The molecule has 3 rings (SSSR count). The molecule has 0 saturated carbocycles. The van der Waals surface area contributed by atoms with Crippen molar-refractivity contribution in [2.24, 2.45) is 5.92 Å². The molecule has 11 heteroatoms. The number of sulfonamides is 2. The van der Waals surface area contributed by atoms with Crippen molar-refractivity contribution in [2.45, 2.75) is 36.5 Å². The van der Waals surface area contributed by atoms with Crippen molar-refractivity contribution in [3.8, 4) is 5.75 Å². The van der Waals surface area contributed by atoms with Crippen molar-refractivity contribution in [3.05, 3.63) is 53.6 Å². The molecule has 0 unspecified atom stereocenters. The van der Waals surface area contributed by atoms with Crippen LogP contribution >= 0.6 is 0 Å². The Balaban J connectivity index is 1.58. The van der Waals surface area contributed by atoms with Gasteiger partial charge in [-0.15, -0.1) is 0 Å². The Bertz CT molecular complexity index is 1250. The number of hydrogen-bond acceptors (Lipinski definition) is 6. The minimum absolute atomic E-state index is 0.117. The largest absolute Gasteiger partial charge is 0.492 e. The van der Waals surface area contributed by atoms with E-state index in [9.17, 15) is 21.6 Å². The van der Waals surface area contributed by atoms with Crippen LogP contribution in [0.3, 0.4) is 0 Å². The monoisotopic (exact) mass is 523 g/mol. The molecule has 35 heavy (non-hydrogen) atoms. The van der Waals surface area contributed by atoms with E-state index in [4.69, 9.17) is 4.74 Å². The summed E-state index contributed by atoms with van der Waals surface area (Å²) in [5.74, 6) is 0.590. The van der Waals surface area contributed by atoms with Gasteiger partial charge in [0.2, 0.25) is 20.0 Å². The number of carbonyl (C=O) groups excluding carboxylic acids is 1. The third kappa shape index (κ3) is 6.40. The molecule has 9 nitrogen and oxygen atoms in total. The average molecular weight is 524 g/mol. The molecule has 1 aliphatic rings. The number of hydrogen-bond donors (Lipinski definition) is 1. The van der Waals surface area contributed by atoms with Gasteiger partial charge < -0.3 is 10.1 Å². The minimum Gasteiger partial charge on any atom is -0.492 e. The van der Waals surface area contributed by atoms with E-state index in [2.05, 4.69) is 12.2 Å². The van der Waals surface area contributed by atoms with Crippen molar-refractivity contribution in [1.29, 1.82) is 0 Å². The molecule has 0 aliphatic carbocycles. The van der Waals surface area contributed by atoms with Crippen LogP contribution < -0.4 is 10.1 Å². The van der Waals surface area contributed by atoms with Crippen molar-refractivity contribution in [1.82, 2.24) is 13.9 Å². The summed E-state index contributed by atoms with van der Waals surface area (Å²) in [5.41, 5.74) is 0.974. The highest BCUT2D eigenvalue weighted by Gasteiger charge is 2.29. The van der Waals surface area contributed by atoms with Crippen molar-refractivity contribution < 1.29 is 26.4 Å². The first-order valence-electron chi connectivity index (χ1n) is 11.5. The number of ether oxygens (including phenoxy) is 1. The van der Waals surface area contributed by atoms with Gasteiger partial charge in [0.1, 0.15) is 12.4 Å². The molecule has 1 fully saturated rings. The van der Waals surface area contributed by atoms with Crippen LogP contribution in [0.15, 0.2) is 52.3 Å². The van der Waals surface area contributed by atoms with Crippen LogP contribution in [0.1, 0.15) is 35.7 Å². The van der Waals surface area contributed by atoms with Gasteiger partial charge in [-0.1, -0.05) is 13.0 Å². The number of nitrogens with zero attached hydrogens (tertiary/aromatic N) is 2. The number of benzene rings is 2. The maximum atomic E-state index is 13.1. The molecule has 0 radical (unpaired) electrons. The van der Waals surface area contributed by atoms with Gasteiger partial charge in [-0.2, -0.15) is 4.31 Å². The van der Waals surface area contributed by atoms with Gasteiger partial charge in [-0.3, -0.25) is 4.79 Å². The molecule has 0 bridgehead atoms. The van der Waals surface area contributed by atoms with Crippen LogP contribution in [0, 0.1) is 12.8 Å². The molecule has 2 aromatic carbocycles. The lowest BCUT2D eigenvalue weighted by Crippen LogP contribution is -2.38. The van der Waals surface area contributed by atoms with Gasteiger partial charge in [0.05, 0.1) is 16.3 Å². The summed E-state index contributed by atoms with van der Waals surface area (Å²) in [4.78, 5) is 13.0. The Morgan fingerprint density at radius 1 is 1.03 bits per heavy atom. The van der Waals surface area contributed by atoms with Gasteiger partial charge in [0.15, 0.2) is 0 Å². The Kier molecular flexibility index (Phi) is 8.58. The van der Waals surface area contributed by atoms with Crippen molar-refractivity contribution in [3.63, 3.8) is 0 Å². The lowest BCUT2D eigenvalue weighted by atomic mass is 10.0. The van der Waals surface area contributed by atoms with E-state index in [0.29, 0.717) is 35.9 Å². The van der Waals surface area contributed by atoms with Crippen LogP contribution in [0.5, 0.6) is 5.75 Å². The molecule has 1 aliphatic heterocycles. The number of nitrogens with one attached hydrogen (secondary N) is 1. The molecule has 2 aromatic rings. The van der Waals surface area contributed by atoms with E-state index in [1.165, 1.54) is 36.6 Å². The van der Waals surface area contributed by atoms with Gasteiger partial charge in [-0.05, 0) is 67.6 Å². The van der Waals surface area contributed by atoms with E-state index in [-0.39, 0.29) is 28.8 Å². The molecule has 1 saturated heterocycles. The molecule has 1 amide bonds. The van der Waals surface area contributed by atoms with Gasteiger partial charge in [0.25, 0.3) is 5.91 Å². The first kappa shape index (κ1) is 27.1. The van der Waals surface area contributed by atoms with Crippen LogP contribution in [0.25, 0.3) is 0 Å². The summed E-state index contributed by atoms with van der Waals surface area (Å²) in [6, 6.07) is 10.7. The number of carbonyl (C=O) groups is 1. The Hall–Kier alpha value is -2.47. The average Bonchev–Trinajstić information content (AvgIpc) is 2.82. The second kappa shape index (κ2) is 11.1. The number of aryl methyl sites for hydroxylation is 1. The van der Waals surface area contributed by atoms with Crippen LogP contribution in [0.4, 0.5) is 0 Å². The fraction of sp³-hybridized carbons (Fsp3) is 0.458. The normalized spacial score (nSPS) is 15.8. The summed E-state index contributed by atoms with van der Waals surface area (Å²) in [7, 11) is -4.25. The fourth-order valence-electron chi connectivity index (χ4n) is 3.73. The molecular weight excluding hydrogens is 490 g/mol. The van der Waals surface area contributed by atoms with E-state index >= 15 is 0 Å². The second-order valence-electron chi connectivity index (χ2n) is 8.93. The molecule has 1 N–H and O–H groups in total. The Labute approximate surface area is 208 Å². The highest BCUT2D eigenvalue weighted by atomic mass is 32.2. The van der Waals surface area contributed by atoms with Gasteiger partial charge in [-0.25, -0.2) is 21.1 Å². The second-order valence-corrected chi connectivity index (χ2v) is 13.0. The van der Waals surface area contributed by atoms with E-state index in [0.717, 1.165) is 17.1 Å². The Morgan fingerprint density at radius 2 is 1.63 bits per heavy atom. The zero-order valence-corrected chi connectivity index (χ0v) is 22.2. The van der Waals surface area contributed by atoms with Crippen LogP contribution in [-0.2, 0) is 20.0 Å². The predicted molar refractivity (Wildman–Crippen MR) is 133 cm³/mol. The summed E-state index contributed by atoms with van der Waals surface area (Å²) >= 11 is 0. The lowest BCUT2D eigenvalue weighted by Gasteiger charge is -2.29. The predicted octanol–water partition coefficient (Wildman–Crippen LogP) is 2.47. The van der Waals surface area contributed by atoms with E-state index < -0.39 is 20.0 Å². The lowest BCUT2D eigenvalue weighted by molar-refractivity contribution is 0.0946. The zero-order valence-electron chi connectivity index (χ0n) is 20.5. The Morgan fingerprint density at radius 3 is 2.23 bits per heavy atom. The summed E-state index contributed by atoms with van der Waals surface area (Å²) in [6.45, 7) is 5.20. The summed E-state index contributed by atoms with van der Waals surface area (Å²) in [6.07, 6.45) is 1.65. The SMILES string of the molecule is Cc1ccc(S(=O)(=O)N2CCC(C)CC2)cc1C(=O)NCCOc1ccc(S(=O)(=O)N(C)C)cc1. The first-order chi connectivity index (χ1) is 16.4. The summed E-state index contributed by atoms with van der Waals surface area (Å²) in [5, 5.41) is 2.75. The van der Waals surface area contributed by atoms with Crippen LogP contribution in [0.2, 0.25) is 0 Å². The highest BCUT2D eigenvalue weighted by Crippen LogP contribution is 2.25. The zero-order chi connectivity index (χ0) is 25.8. The smallest absolute Gasteiger partial charge is 0.251 e. The standard InChI is InChI=1S/C24H33N3O6S2/c1-18-11-14-27(15-12-18)35(31,32)22-8-5-19(2)23(17-22)24(28)25-13-16-33-20-6-9-21(10-7-20)34(29,30)26(3)4/h5-10,17-18H,11-16H2,1-4H3,(H,25,28). The third-order valence-electron chi connectivity index (χ3n) is 6.09. The maximum Gasteiger partial charge on any atom is 0.251 e. The van der Waals surface area contributed by atoms with E-state index in [1.54, 1.807) is 31.2 Å². The topological polar surface area (TPSA) is 113 Å². The number of rotatable bonds is 9. The maximum absolute atomic E-state index is 13.1. The minimum atomic E-state index is -3.66. The number of piperidine rings is 1. The van der Waals surface area contributed by atoms with Crippen molar-refractivity contribution in [2.75, 3.05) is 40.3 Å². The van der Waals surface area contributed by atoms with Crippen molar-refractivity contribution >= 4 is 26.0 Å². The molecule has 1 heterocycles. The molecule has 0 aromatic heterocycles. The highest BCUT2D eigenvalue weighted by molar-refractivity contribution is 7.89. The van der Waals surface area contributed by atoms with Crippen LogP contribution in [-0.4, -0.2) is 71.7 Å². The quantitative estimate of drug-likeness (QED) is 0.505. The van der Waals surface area contributed by atoms with E-state index in [1.807, 2.05) is 0 Å². The summed E-state index contributed by atoms with van der Waals surface area (Å²) < 4.78 is 58.6. The molecule has 0 atom stereocenters. The van der Waals surface area contributed by atoms with Gasteiger partial charge >= 0.3 is 0 Å². The molecule has 0 spiro atoms. The fourth-order valence-corrected chi connectivity index (χ4v) is 6.13. The first-order valence-corrected chi connectivity index (χ1v) is 14.4. The molecular formula is C24H33N3O6S2.